The largest absolute Gasteiger partial charge is 0.334 e. The summed E-state index contributed by atoms with van der Waals surface area (Å²) in [5, 5.41) is 10.8. The number of alkyl halides is 1. The van der Waals surface area contributed by atoms with E-state index in [9.17, 15) is 9.18 Å². The Balaban J connectivity index is 1.33. The molecular weight excluding hydrogens is 620 g/mol. The molecule has 0 aliphatic carbocycles. The zero-order valence-corrected chi connectivity index (χ0v) is 26.8. The van der Waals surface area contributed by atoms with Crippen LogP contribution in [0.25, 0.3) is 22.0 Å². The molecule has 6 rings (SSSR count). The number of nitrogens with zero attached hydrogens (tertiary/aromatic N) is 6. The number of amides is 1. The van der Waals surface area contributed by atoms with E-state index in [1.165, 1.54) is 17.2 Å². The lowest BCUT2D eigenvalue weighted by Crippen LogP contribution is -2.37. The van der Waals surface area contributed by atoms with E-state index in [4.69, 9.17) is 28.3 Å². The van der Waals surface area contributed by atoms with E-state index >= 15 is 0 Å². The molecule has 2 aromatic carbocycles. The van der Waals surface area contributed by atoms with Gasteiger partial charge in [-0.2, -0.15) is 5.10 Å². The Kier molecular flexibility index (Phi) is 9.42. The van der Waals surface area contributed by atoms with Crippen molar-refractivity contribution in [1.82, 2.24) is 29.5 Å². The summed E-state index contributed by atoms with van der Waals surface area (Å²) in [4.78, 5) is 24.7. The van der Waals surface area contributed by atoms with Crippen LogP contribution < -0.4 is 5.32 Å². The van der Waals surface area contributed by atoms with E-state index < -0.39 is 6.04 Å². The van der Waals surface area contributed by atoms with Gasteiger partial charge >= 0.3 is 0 Å². The van der Waals surface area contributed by atoms with E-state index in [1.54, 1.807) is 24.1 Å². The molecule has 2 aliphatic rings. The minimum atomic E-state index is -0.854. The van der Waals surface area contributed by atoms with Gasteiger partial charge < -0.3 is 14.8 Å². The number of thiol groups is 1. The number of hydrogen-bond donors (Lipinski definition) is 2. The molecule has 4 heterocycles. The standard InChI is InChI=1S/C32H34Cl2FN7OS/c1-20(36-11-16-44)38-32(43)31(30-27-3-2-12-41(27)19-37-30)42-18-25-26(33)17-24(28(34)29(25)39-42)23-6-4-21(5-7-23)22-8-13-40(14-9-22)15-10-35/h4-7,11,16-19,22,31,44H,2-3,8-10,12-15H2,1H3,(H,36,38,43)/b16-11-. The summed E-state index contributed by atoms with van der Waals surface area (Å²) in [6.45, 7) is 4.62. The lowest BCUT2D eigenvalue weighted by atomic mass is 9.88. The number of nitrogens with one attached hydrogen (secondary N) is 1. The summed E-state index contributed by atoms with van der Waals surface area (Å²) in [6, 6.07) is 9.42. The Morgan fingerprint density at radius 3 is 2.73 bits per heavy atom. The maximum absolute atomic E-state index is 13.7. The smallest absolute Gasteiger partial charge is 0.256 e. The van der Waals surface area contributed by atoms with Gasteiger partial charge in [0.05, 0.1) is 22.1 Å². The molecule has 0 spiro atoms. The first-order valence-corrected chi connectivity index (χ1v) is 16.1. The first-order valence-electron chi connectivity index (χ1n) is 14.8. The Morgan fingerprint density at radius 1 is 1.23 bits per heavy atom. The topological polar surface area (TPSA) is 80.3 Å². The van der Waals surface area contributed by atoms with E-state index in [0.717, 1.165) is 62.1 Å². The third kappa shape index (κ3) is 6.18. The van der Waals surface area contributed by atoms with Gasteiger partial charge in [-0.25, -0.2) is 14.4 Å². The Labute approximate surface area is 271 Å². The van der Waals surface area contributed by atoms with Crippen molar-refractivity contribution < 1.29 is 9.18 Å². The molecule has 1 fully saturated rings. The molecular formula is C32H34Cl2FN7OS. The third-order valence-electron chi connectivity index (χ3n) is 8.59. The number of halogens is 3. The van der Waals surface area contributed by atoms with Gasteiger partial charge in [0.1, 0.15) is 18.0 Å². The number of carbonyl (C=O) groups is 1. The molecule has 1 unspecified atom stereocenters. The number of carbonyl (C=O) groups excluding carboxylic acids is 1. The SMILES string of the molecule is CC(=N/C=C\S)NC(=O)C(c1ncn2c1CCC2)n1cc2c(Cl)cc(-c3ccc(C4CCN(CCF)CC4)cc3)c(Cl)c2n1. The number of aromatic nitrogens is 4. The lowest BCUT2D eigenvalue weighted by molar-refractivity contribution is -0.122. The predicted molar refractivity (Wildman–Crippen MR) is 178 cm³/mol. The first-order chi connectivity index (χ1) is 21.4. The molecule has 44 heavy (non-hydrogen) atoms. The van der Waals surface area contributed by atoms with Crippen LogP contribution in [-0.2, 0) is 17.8 Å². The Bertz CT molecular complexity index is 1720. The van der Waals surface area contributed by atoms with Crippen molar-refractivity contribution in [3.63, 3.8) is 0 Å². The number of likely N-dealkylation sites (tertiary alicyclic amines) is 1. The van der Waals surface area contributed by atoms with Crippen molar-refractivity contribution >= 4 is 58.5 Å². The van der Waals surface area contributed by atoms with E-state index in [0.29, 0.717) is 44.9 Å². The average Bonchev–Trinajstić information content (AvgIpc) is 3.77. The van der Waals surface area contributed by atoms with Gasteiger partial charge in [-0.3, -0.25) is 9.48 Å². The highest BCUT2D eigenvalue weighted by Crippen LogP contribution is 2.40. The van der Waals surface area contributed by atoms with Crippen LogP contribution in [0.3, 0.4) is 0 Å². The monoisotopic (exact) mass is 653 g/mol. The van der Waals surface area contributed by atoms with Gasteiger partial charge in [-0.15, -0.1) is 12.6 Å². The molecule has 2 aromatic heterocycles. The van der Waals surface area contributed by atoms with Gasteiger partial charge in [0.15, 0.2) is 6.04 Å². The van der Waals surface area contributed by atoms with Crippen molar-refractivity contribution in [2.75, 3.05) is 26.3 Å². The predicted octanol–water partition coefficient (Wildman–Crippen LogP) is 6.83. The van der Waals surface area contributed by atoms with E-state index in [-0.39, 0.29) is 12.6 Å². The number of amidine groups is 1. The van der Waals surface area contributed by atoms with Crippen LogP contribution >= 0.6 is 35.8 Å². The maximum atomic E-state index is 13.7. The number of benzene rings is 2. The third-order valence-corrected chi connectivity index (χ3v) is 9.42. The van der Waals surface area contributed by atoms with Gasteiger partial charge in [0, 0.05) is 42.1 Å². The molecule has 2 aliphatic heterocycles. The van der Waals surface area contributed by atoms with Gasteiger partial charge in [-0.05, 0) is 74.2 Å². The summed E-state index contributed by atoms with van der Waals surface area (Å²) < 4.78 is 16.4. The number of rotatable bonds is 8. The van der Waals surface area contributed by atoms with Crippen molar-refractivity contribution in [1.29, 1.82) is 0 Å². The Hall–Kier alpha value is -3.18. The van der Waals surface area contributed by atoms with Crippen LogP contribution in [0.4, 0.5) is 4.39 Å². The molecule has 0 saturated carbocycles. The van der Waals surface area contributed by atoms with Crippen molar-refractivity contribution in [3.05, 3.63) is 81.5 Å². The lowest BCUT2D eigenvalue weighted by Gasteiger charge is -2.31. The summed E-state index contributed by atoms with van der Waals surface area (Å²) in [6.07, 6.45) is 8.88. The van der Waals surface area contributed by atoms with Crippen LogP contribution in [0.15, 0.2) is 59.5 Å². The first kappa shape index (κ1) is 30.8. The molecule has 1 atom stereocenters. The highest BCUT2D eigenvalue weighted by Gasteiger charge is 2.32. The normalized spacial score (nSPS) is 17.1. The minimum Gasteiger partial charge on any atom is -0.334 e. The second kappa shape index (κ2) is 13.4. The molecule has 0 bridgehead atoms. The zero-order chi connectivity index (χ0) is 30.8. The minimum absolute atomic E-state index is 0.298. The van der Waals surface area contributed by atoms with Crippen LogP contribution in [0.5, 0.6) is 0 Å². The van der Waals surface area contributed by atoms with Crippen LogP contribution in [0.1, 0.15) is 55.1 Å². The second-order valence-corrected chi connectivity index (χ2v) is 12.4. The summed E-state index contributed by atoms with van der Waals surface area (Å²) in [5.41, 5.74) is 5.13. The second-order valence-electron chi connectivity index (χ2n) is 11.3. The van der Waals surface area contributed by atoms with Gasteiger partial charge in [-0.1, -0.05) is 47.5 Å². The van der Waals surface area contributed by atoms with E-state index in [2.05, 4.69) is 61.7 Å². The fourth-order valence-electron chi connectivity index (χ4n) is 6.34. The van der Waals surface area contributed by atoms with Crippen LogP contribution in [0, 0.1) is 0 Å². The van der Waals surface area contributed by atoms with E-state index in [1.807, 2.05) is 6.07 Å². The van der Waals surface area contributed by atoms with Crippen molar-refractivity contribution in [2.24, 2.45) is 4.99 Å². The highest BCUT2D eigenvalue weighted by molar-refractivity contribution is 7.83. The number of piperidine rings is 1. The molecule has 4 aromatic rings. The molecule has 1 N–H and O–H groups in total. The quantitative estimate of drug-likeness (QED) is 0.124. The molecule has 1 amide bonds. The number of fused-ring (bicyclic) bond motifs is 2. The Morgan fingerprint density at radius 2 is 2.00 bits per heavy atom. The van der Waals surface area contributed by atoms with Crippen molar-refractivity contribution in [2.45, 2.75) is 51.1 Å². The van der Waals surface area contributed by atoms with Gasteiger partial charge in [0.2, 0.25) is 0 Å². The number of hydrogen-bond acceptors (Lipinski definition) is 6. The summed E-state index contributed by atoms with van der Waals surface area (Å²) >= 11 is 17.9. The van der Waals surface area contributed by atoms with Crippen LogP contribution in [-0.4, -0.2) is 62.3 Å². The molecule has 12 heteroatoms. The summed E-state index contributed by atoms with van der Waals surface area (Å²) in [5.74, 6) is 0.552. The van der Waals surface area contributed by atoms with Gasteiger partial charge in [0.25, 0.3) is 5.91 Å². The molecule has 0 radical (unpaired) electrons. The molecule has 230 valence electrons. The summed E-state index contributed by atoms with van der Waals surface area (Å²) in [7, 11) is 0. The maximum Gasteiger partial charge on any atom is 0.256 e. The average molecular weight is 655 g/mol. The molecule has 1 saturated heterocycles. The number of aliphatic imine (C=N–C) groups is 1. The van der Waals surface area contributed by atoms with Crippen LogP contribution in [0.2, 0.25) is 10.0 Å². The van der Waals surface area contributed by atoms with Crippen molar-refractivity contribution in [3.8, 4) is 11.1 Å². The zero-order valence-electron chi connectivity index (χ0n) is 24.4. The highest BCUT2D eigenvalue weighted by atomic mass is 35.5. The number of imidazole rings is 1. The number of aryl methyl sites for hydroxylation is 1. The fraction of sp³-hybridized carbons (Fsp3) is 0.375. The molecule has 8 nitrogen and oxygen atoms in total. The fourth-order valence-corrected chi connectivity index (χ4v) is 6.95.